The van der Waals surface area contributed by atoms with Gasteiger partial charge in [0, 0.05) is 12.6 Å². The summed E-state index contributed by atoms with van der Waals surface area (Å²) in [7, 11) is 0. The van der Waals surface area contributed by atoms with E-state index in [1.54, 1.807) is 13.8 Å². The molecule has 0 amide bonds. The van der Waals surface area contributed by atoms with E-state index in [4.69, 9.17) is 0 Å². The van der Waals surface area contributed by atoms with E-state index in [1.807, 2.05) is 12.1 Å². The van der Waals surface area contributed by atoms with Crippen LogP contribution in [0.1, 0.15) is 40.3 Å². The monoisotopic (exact) mass is 317 g/mol. The van der Waals surface area contributed by atoms with E-state index in [1.165, 1.54) is 11.1 Å². The number of ether oxygens (including phenoxy) is 1. The van der Waals surface area contributed by atoms with Crippen molar-refractivity contribution in [3.05, 3.63) is 64.2 Å². The Bertz CT molecular complexity index is 677. The molecule has 23 heavy (non-hydrogen) atoms. The summed E-state index contributed by atoms with van der Waals surface area (Å²) in [6, 6.07) is 12.7. The lowest BCUT2D eigenvalue weighted by atomic mass is 10.0. The number of nitrogens with one attached hydrogen (secondary N) is 1. The third-order valence-corrected chi connectivity index (χ3v) is 4.41. The zero-order chi connectivity index (χ0) is 16.4. The topological polar surface area (TPSA) is 21.3 Å². The van der Waals surface area contributed by atoms with Gasteiger partial charge in [-0.25, -0.2) is 0 Å². The van der Waals surface area contributed by atoms with Crippen molar-refractivity contribution >= 4 is 0 Å². The molecule has 1 aliphatic carbocycles. The molecule has 0 radical (unpaired) electrons. The molecule has 3 rings (SSSR count). The minimum absolute atomic E-state index is 0.287. The van der Waals surface area contributed by atoms with Crippen LogP contribution in [0.25, 0.3) is 0 Å². The van der Waals surface area contributed by atoms with Gasteiger partial charge in [0.25, 0.3) is 0 Å². The van der Waals surface area contributed by atoms with Gasteiger partial charge in [-0.1, -0.05) is 36.4 Å². The van der Waals surface area contributed by atoms with Crippen molar-refractivity contribution in [3.8, 4) is 5.75 Å². The predicted molar refractivity (Wildman–Crippen MR) is 86.9 cm³/mol. The average molecular weight is 317 g/mol. The summed E-state index contributed by atoms with van der Waals surface area (Å²) < 4.78 is 29.5. The van der Waals surface area contributed by atoms with Crippen LogP contribution in [0.3, 0.4) is 0 Å². The maximum absolute atomic E-state index is 12.4. The third kappa shape index (κ3) is 3.53. The zero-order valence-electron chi connectivity index (χ0n) is 13.4. The fraction of sp³-hybridized carbons (Fsp3) is 0.368. The van der Waals surface area contributed by atoms with Crippen LogP contribution in [0.4, 0.5) is 8.78 Å². The molecule has 0 spiro atoms. The van der Waals surface area contributed by atoms with Crippen LogP contribution in [0.15, 0.2) is 36.4 Å². The van der Waals surface area contributed by atoms with Gasteiger partial charge in [-0.3, -0.25) is 0 Å². The second kappa shape index (κ2) is 6.67. The summed E-state index contributed by atoms with van der Waals surface area (Å²) in [6.45, 7) is 1.54. The van der Waals surface area contributed by atoms with Crippen molar-refractivity contribution in [1.82, 2.24) is 5.32 Å². The Morgan fingerprint density at radius 3 is 2.57 bits per heavy atom. The van der Waals surface area contributed by atoms with Gasteiger partial charge in [0.15, 0.2) is 0 Å². The summed E-state index contributed by atoms with van der Waals surface area (Å²) in [5.41, 5.74) is 5.37. The molecule has 2 aromatic carbocycles. The maximum Gasteiger partial charge on any atom is 0.387 e. The second-order valence-corrected chi connectivity index (χ2v) is 6.11. The molecule has 0 saturated heterocycles. The number of fused-ring (bicyclic) bond motifs is 1. The molecule has 0 fully saturated rings. The molecule has 0 saturated carbocycles. The van der Waals surface area contributed by atoms with E-state index in [2.05, 4.69) is 34.3 Å². The Labute approximate surface area is 135 Å². The van der Waals surface area contributed by atoms with Gasteiger partial charge in [0.05, 0.1) is 0 Å². The van der Waals surface area contributed by atoms with E-state index in [-0.39, 0.29) is 5.75 Å². The van der Waals surface area contributed by atoms with Gasteiger partial charge >= 0.3 is 6.61 Å². The smallest absolute Gasteiger partial charge is 0.387 e. The van der Waals surface area contributed by atoms with Gasteiger partial charge in [-0.05, 0) is 54.5 Å². The maximum atomic E-state index is 12.4. The third-order valence-electron chi connectivity index (χ3n) is 4.41. The molecule has 2 nitrogen and oxygen atoms in total. The van der Waals surface area contributed by atoms with Gasteiger partial charge in [0.2, 0.25) is 0 Å². The van der Waals surface area contributed by atoms with Crippen molar-refractivity contribution < 1.29 is 13.5 Å². The molecular weight excluding hydrogens is 296 g/mol. The Morgan fingerprint density at radius 2 is 1.87 bits per heavy atom. The zero-order valence-corrected chi connectivity index (χ0v) is 13.4. The summed E-state index contributed by atoms with van der Waals surface area (Å²) in [5, 5.41) is 3.58. The minimum Gasteiger partial charge on any atom is -0.434 e. The molecule has 0 bridgehead atoms. The molecular formula is C19H21F2NO. The Balaban J connectivity index is 1.70. The molecule has 4 heteroatoms. The van der Waals surface area contributed by atoms with E-state index in [0.29, 0.717) is 6.04 Å². The number of hydrogen-bond donors (Lipinski definition) is 1. The highest BCUT2D eigenvalue weighted by Crippen LogP contribution is 2.31. The van der Waals surface area contributed by atoms with Crippen LogP contribution in [0, 0.1) is 13.8 Å². The number of benzene rings is 2. The molecule has 1 aliphatic rings. The van der Waals surface area contributed by atoms with Crippen molar-refractivity contribution in [3.63, 3.8) is 0 Å². The molecule has 0 aliphatic heterocycles. The molecule has 2 aromatic rings. The van der Waals surface area contributed by atoms with Crippen molar-refractivity contribution in [2.75, 3.05) is 0 Å². The SMILES string of the molecule is Cc1cc(CN[C@H]2CCc3ccccc32)cc(C)c1OC(F)F. The summed E-state index contributed by atoms with van der Waals surface area (Å²) >= 11 is 0. The van der Waals surface area contributed by atoms with Crippen molar-refractivity contribution in [1.29, 1.82) is 0 Å². The molecule has 1 atom stereocenters. The second-order valence-electron chi connectivity index (χ2n) is 6.11. The predicted octanol–water partition coefficient (Wildman–Crippen LogP) is 4.68. The fourth-order valence-corrected chi connectivity index (χ4v) is 3.43. The van der Waals surface area contributed by atoms with Crippen LogP contribution >= 0.6 is 0 Å². The van der Waals surface area contributed by atoms with Gasteiger partial charge in [0.1, 0.15) is 5.75 Å². The first-order chi connectivity index (χ1) is 11.0. The van der Waals surface area contributed by atoms with Gasteiger partial charge in [-0.2, -0.15) is 8.78 Å². The Morgan fingerprint density at radius 1 is 1.17 bits per heavy atom. The van der Waals surface area contributed by atoms with Crippen LogP contribution in [-0.2, 0) is 13.0 Å². The fourth-order valence-electron chi connectivity index (χ4n) is 3.43. The number of hydrogen-bond acceptors (Lipinski definition) is 2. The summed E-state index contributed by atoms with van der Waals surface area (Å²) in [4.78, 5) is 0. The van der Waals surface area contributed by atoms with Crippen LogP contribution < -0.4 is 10.1 Å². The van der Waals surface area contributed by atoms with E-state index in [0.717, 1.165) is 36.1 Å². The summed E-state index contributed by atoms with van der Waals surface area (Å²) in [6.07, 6.45) is 2.21. The lowest BCUT2D eigenvalue weighted by Crippen LogP contribution is -2.19. The highest BCUT2D eigenvalue weighted by molar-refractivity contribution is 5.43. The van der Waals surface area contributed by atoms with E-state index < -0.39 is 6.61 Å². The highest BCUT2D eigenvalue weighted by atomic mass is 19.3. The first-order valence-electron chi connectivity index (χ1n) is 7.90. The molecule has 122 valence electrons. The minimum atomic E-state index is -2.79. The number of halogens is 2. The van der Waals surface area contributed by atoms with Gasteiger partial charge in [-0.15, -0.1) is 0 Å². The first kappa shape index (κ1) is 15.9. The first-order valence-corrected chi connectivity index (χ1v) is 7.90. The highest BCUT2D eigenvalue weighted by Gasteiger charge is 2.21. The molecule has 0 heterocycles. The molecule has 0 unspecified atom stereocenters. The van der Waals surface area contributed by atoms with E-state index in [9.17, 15) is 8.78 Å². The van der Waals surface area contributed by atoms with Crippen molar-refractivity contribution in [2.24, 2.45) is 0 Å². The normalized spacial score (nSPS) is 16.7. The Hall–Kier alpha value is -1.94. The van der Waals surface area contributed by atoms with Gasteiger partial charge < -0.3 is 10.1 Å². The molecule has 0 aromatic heterocycles. The van der Waals surface area contributed by atoms with Crippen molar-refractivity contribution in [2.45, 2.75) is 45.9 Å². The number of alkyl halides is 2. The lowest BCUT2D eigenvalue weighted by molar-refractivity contribution is -0.0507. The quantitative estimate of drug-likeness (QED) is 0.864. The van der Waals surface area contributed by atoms with E-state index >= 15 is 0 Å². The Kier molecular flexibility index (Phi) is 4.62. The van der Waals surface area contributed by atoms with Crippen LogP contribution in [0.2, 0.25) is 0 Å². The van der Waals surface area contributed by atoms with Crippen LogP contribution in [0.5, 0.6) is 5.75 Å². The largest absolute Gasteiger partial charge is 0.434 e. The van der Waals surface area contributed by atoms with Crippen LogP contribution in [-0.4, -0.2) is 6.61 Å². The lowest BCUT2D eigenvalue weighted by Gasteiger charge is -2.17. The summed E-state index contributed by atoms with van der Waals surface area (Å²) in [5.74, 6) is 0.287. The number of aryl methyl sites for hydroxylation is 3. The average Bonchev–Trinajstić information content (AvgIpc) is 2.92. The molecule has 1 N–H and O–H groups in total. The number of rotatable bonds is 5. The standard InChI is InChI=1S/C19H21F2NO/c1-12-9-14(10-13(2)18(12)23-19(20)21)11-22-17-8-7-15-5-3-4-6-16(15)17/h3-6,9-10,17,19,22H,7-8,11H2,1-2H3/t17-/m0/s1.